The summed E-state index contributed by atoms with van der Waals surface area (Å²) in [6.45, 7) is 1.72. The lowest BCUT2D eigenvalue weighted by Gasteiger charge is -2.16. The first-order chi connectivity index (χ1) is 11.8. The third kappa shape index (κ3) is 3.07. The minimum absolute atomic E-state index is 0.209. The number of nitrogens with zero attached hydrogens (tertiary/aromatic N) is 4. The molecule has 4 N–H and O–H groups in total. The van der Waals surface area contributed by atoms with E-state index in [2.05, 4.69) is 42.5 Å². The number of nitrogens with one attached hydrogen (secondary N) is 2. The third-order valence-electron chi connectivity index (χ3n) is 4.14. The maximum atomic E-state index is 5.96. The maximum Gasteiger partial charge on any atom is 0.227 e. The summed E-state index contributed by atoms with van der Waals surface area (Å²) in [5, 5.41) is 10.1. The van der Waals surface area contributed by atoms with E-state index in [9.17, 15) is 0 Å². The van der Waals surface area contributed by atoms with Crippen LogP contribution in [-0.4, -0.2) is 39.3 Å². The van der Waals surface area contributed by atoms with Crippen LogP contribution < -0.4 is 16.0 Å². The SMILES string of the molecule is N[C@H]1CCN(c2nccc(Nc3ccc(-c4cn[nH]c4)cc3)n2)C1. The van der Waals surface area contributed by atoms with Crippen LogP contribution in [0.3, 0.4) is 0 Å². The van der Waals surface area contributed by atoms with Crippen molar-refractivity contribution >= 4 is 17.5 Å². The Labute approximate surface area is 139 Å². The Kier molecular flexibility index (Phi) is 3.84. The molecule has 0 bridgehead atoms. The van der Waals surface area contributed by atoms with Crippen LogP contribution in [0, 0.1) is 0 Å². The van der Waals surface area contributed by atoms with Crippen LogP contribution in [0.5, 0.6) is 0 Å². The van der Waals surface area contributed by atoms with Crippen molar-refractivity contribution in [3.8, 4) is 11.1 Å². The maximum absolute atomic E-state index is 5.96. The number of H-pyrrole nitrogens is 1. The summed E-state index contributed by atoms with van der Waals surface area (Å²) in [6.07, 6.45) is 6.44. The van der Waals surface area contributed by atoms with E-state index < -0.39 is 0 Å². The topological polar surface area (TPSA) is 95.7 Å². The molecule has 2 aromatic heterocycles. The van der Waals surface area contributed by atoms with Crippen LogP contribution in [0.2, 0.25) is 0 Å². The molecule has 0 aliphatic carbocycles. The molecule has 0 unspecified atom stereocenters. The van der Waals surface area contributed by atoms with Crippen molar-refractivity contribution in [3.63, 3.8) is 0 Å². The first-order valence-corrected chi connectivity index (χ1v) is 7.98. The summed E-state index contributed by atoms with van der Waals surface area (Å²) < 4.78 is 0. The quantitative estimate of drug-likeness (QED) is 0.681. The molecule has 0 spiro atoms. The zero-order valence-corrected chi connectivity index (χ0v) is 13.2. The van der Waals surface area contributed by atoms with Gasteiger partial charge in [0.15, 0.2) is 0 Å². The molecule has 1 atom stereocenters. The molecule has 0 saturated carbocycles. The Morgan fingerprint density at radius 1 is 1.17 bits per heavy atom. The van der Waals surface area contributed by atoms with E-state index in [1.54, 1.807) is 12.4 Å². The fraction of sp³-hybridized carbons (Fsp3) is 0.235. The fourth-order valence-corrected chi connectivity index (χ4v) is 2.84. The summed E-state index contributed by atoms with van der Waals surface area (Å²) >= 11 is 0. The van der Waals surface area contributed by atoms with Crippen molar-refractivity contribution in [2.45, 2.75) is 12.5 Å². The van der Waals surface area contributed by atoms with Crippen molar-refractivity contribution < 1.29 is 0 Å². The molecule has 1 fully saturated rings. The number of benzene rings is 1. The summed E-state index contributed by atoms with van der Waals surface area (Å²) in [5.74, 6) is 1.50. The molecule has 0 amide bonds. The Hall–Kier alpha value is -2.93. The van der Waals surface area contributed by atoms with Gasteiger partial charge < -0.3 is 16.0 Å². The average molecular weight is 321 g/mol. The Bertz CT molecular complexity index is 798. The van der Waals surface area contributed by atoms with Gasteiger partial charge in [-0.1, -0.05) is 12.1 Å². The average Bonchev–Trinajstić information content (AvgIpc) is 3.28. The molecular formula is C17H19N7. The van der Waals surface area contributed by atoms with E-state index in [1.165, 1.54) is 0 Å². The number of aromatic amines is 1. The number of hydrogen-bond acceptors (Lipinski definition) is 6. The number of hydrogen-bond donors (Lipinski definition) is 3. The van der Waals surface area contributed by atoms with Crippen molar-refractivity contribution in [1.29, 1.82) is 0 Å². The van der Waals surface area contributed by atoms with Gasteiger partial charge in [0.05, 0.1) is 6.20 Å². The predicted molar refractivity (Wildman–Crippen MR) is 94.1 cm³/mol. The molecule has 7 heteroatoms. The number of nitrogens with two attached hydrogens (primary N) is 1. The van der Waals surface area contributed by atoms with Gasteiger partial charge in [-0.15, -0.1) is 0 Å². The highest BCUT2D eigenvalue weighted by Gasteiger charge is 2.21. The largest absolute Gasteiger partial charge is 0.340 e. The van der Waals surface area contributed by atoms with Gasteiger partial charge in [-0.25, -0.2) is 4.98 Å². The van der Waals surface area contributed by atoms with Gasteiger partial charge in [0, 0.05) is 42.8 Å². The van der Waals surface area contributed by atoms with Gasteiger partial charge >= 0.3 is 0 Å². The molecule has 7 nitrogen and oxygen atoms in total. The molecule has 3 aromatic rings. The number of rotatable bonds is 4. The van der Waals surface area contributed by atoms with Crippen LogP contribution in [0.25, 0.3) is 11.1 Å². The van der Waals surface area contributed by atoms with Crippen LogP contribution in [0.1, 0.15) is 6.42 Å². The lowest BCUT2D eigenvalue weighted by atomic mass is 10.1. The Morgan fingerprint density at radius 3 is 2.75 bits per heavy atom. The second kappa shape index (κ2) is 6.29. The first-order valence-electron chi connectivity index (χ1n) is 7.98. The second-order valence-electron chi connectivity index (χ2n) is 5.93. The highest BCUT2D eigenvalue weighted by atomic mass is 15.3. The lowest BCUT2D eigenvalue weighted by molar-refractivity contribution is 0.750. The fourth-order valence-electron chi connectivity index (χ4n) is 2.84. The standard InChI is InChI=1S/C17H19N7/c18-14-6-8-24(11-14)17-19-7-5-16(23-17)22-15-3-1-12(2-4-15)13-9-20-21-10-13/h1-5,7,9-10,14H,6,8,11,18H2,(H,20,21)(H,19,22,23)/t14-/m0/s1. The van der Waals surface area contributed by atoms with E-state index in [0.717, 1.165) is 48.1 Å². The minimum Gasteiger partial charge on any atom is -0.340 e. The number of aromatic nitrogens is 4. The minimum atomic E-state index is 0.209. The molecule has 1 aliphatic rings. The molecule has 3 heterocycles. The molecular weight excluding hydrogens is 302 g/mol. The summed E-state index contributed by atoms with van der Waals surface area (Å²) in [6, 6.07) is 10.2. The smallest absolute Gasteiger partial charge is 0.227 e. The van der Waals surface area contributed by atoms with Gasteiger partial charge in [-0.2, -0.15) is 10.1 Å². The highest BCUT2D eigenvalue weighted by Crippen LogP contribution is 2.23. The van der Waals surface area contributed by atoms with Gasteiger partial charge in [-0.3, -0.25) is 5.10 Å². The monoisotopic (exact) mass is 321 g/mol. The van der Waals surface area contributed by atoms with Crippen LogP contribution in [-0.2, 0) is 0 Å². The van der Waals surface area contributed by atoms with Crippen LogP contribution in [0.15, 0.2) is 48.9 Å². The zero-order valence-electron chi connectivity index (χ0n) is 13.2. The van der Waals surface area contributed by atoms with Gasteiger partial charge in [0.1, 0.15) is 5.82 Å². The van der Waals surface area contributed by atoms with E-state index in [0.29, 0.717) is 0 Å². The third-order valence-corrected chi connectivity index (χ3v) is 4.14. The normalized spacial score (nSPS) is 17.2. The Balaban J connectivity index is 1.49. The van der Waals surface area contributed by atoms with E-state index in [1.807, 2.05) is 24.4 Å². The molecule has 1 saturated heterocycles. The van der Waals surface area contributed by atoms with Crippen molar-refractivity contribution in [1.82, 2.24) is 20.2 Å². The van der Waals surface area contributed by atoms with E-state index in [-0.39, 0.29) is 6.04 Å². The summed E-state index contributed by atoms with van der Waals surface area (Å²) in [5.41, 5.74) is 9.12. The highest BCUT2D eigenvalue weighted by molar-refractivity contribution is 5.66. The number of anilines is 3. The molecule has 122 valence electrons. The van der Waals surface area contributed by atoms with Crippen molar-refractivity contribution in [2.24, 2.45) is 5.73 Å². The summed E-state index contributed by atoms with van der Waals surface area (Å²) in [7, 11) is 0. The molecule has 4 rings (SSSR count). The van der Waals surface area contributed by atoms with Crippen molar-refractivity contribution in [2.75, 3.05) is 23.3 Å². The van der Waals surface area contributed by atoms with Gasteiger partial charge in [-0.05, 0) is 30.2 Å². The molecule has 0 radical (unpaired) electrons. The van der Waals surface area contributed by atoms with Crippen molar-refractivity contribution in [3.05, 3.63) is 48.9 Å². The summed E-state index contributed by atoms with van der Waals surface area (Å²) in [4.78, 5) is 11.1. The lowest BCUT2D eigenvalue weighted by Crippen LogP contribution is -2.27. The Morgan fingerprint density at radius 2 is 2.04 bits per heavy atom. The molecule has 1 aromatic carbocycles. The molecule has 24 heavy (non-hydrogen) atoms. The van der Waals surface area contributed by atoms with Gasteiger partial charge in [0.25, 0.3) is 0 Å². The molecule has 1 aliphatic heterocycles. The van der Waals surface area contributed by atoms with Crippen LogP contribution >= 0.6 is 0 Å². The van der Waals surface area contributed by atoms with E-state index in [4.69, 9.17) is 5.73 Å². The first kappa shape index (κ1) is 14.6. The second-order valence-corrected chi connectivity index (χ2v) is 5.93. The predicted octanol–water partition coefficient (Wildman–Crippen LogP) is 2.15. The van der Waals surface area contributed by atoms with Gasteiger partial charge in [0.2, 0.25) is 5.95 Å². The zero-order chi connectivity index (χ0) is 16.4. The van der Waals surface area contributed by atoms with E-state index >= 15 is 0 Å². The van der Waals surface area contributed by atoms with Crippen LogP contribution in [0.4, 0.5) is 17.5 Å².